The highest BCUT2D eigenvalue weighted by atomic mass is 15.1. The summed E-state index contributed by atoms with van der Waals surface area (Å²) in [7, 11) is 0. The molecule has 0 radical (unpaired) electrons. The molecule has 78 valence electrons. The second-order valence-electron chi connectivity index (χ2n) is 4.03. The first-order valence-electron chi connectivity index (χ1n) is 5.66. The molecule has 1 saturated heterocycles. The number of hydrogen-bond acceptors (Lipinski definition) is 2. The largest absolute Gasteiger partial charge is 0.370 e. The molecule has 0 saturated carbocycles. The van der Waals surface area contributed by atoms with Gasteiger partial charge in [0.2, 0.25) is 0 Å². The zero-order valence-electron chi connectivity index (χ0n) is 8.95. The van der Waals surface area contributed by atoms with Gasteiger partial charge in [-0.25, -0.2) is 0 Å². The average Bonchev–Trinajstić information content (AvgIpc) is 2.57. The van der Waals surface area contributed by atoms with Crippen molar-refractivity contribution in [3.63, 3.8) is 0 Å². The minimum absolute atomic E-state index is 0.805. The van der Waals surface area contributed by atoms with Crippen LogP contribution in [0.25, 0.3) is 0 Å². The smallest absolute Gasteiger partial charge is 0.101 e. The van der Waals surface area contributed by atoms with Gasteiger partial charge in [-0.2, -0.15) is 5.26 Å². The molecule has 1 fully saturated rings. The van der Waals surface area contributed by atoms with Gasteiger partial charge < -0.3 is 4.90 Å². The molecule has 1 heterocycles. The minimum atomic E-state index is 0.805. The number of hydrogen-bond donors (Lipinski definition) is 0. The van der Waals surface area contributed by atoms with Crippen molar-refractivity contribution in [2.75, 3.05) is 18.0 Å². The second kappa shape index (κ2) is 4.84. The maximum atomic E-state index is 9.04. The zero-order chi connectivity index (χ0) is 10.5. The van der Waals surface area contributed by atoms with Crippen LogP contribution in [0.15, 0.2) is 24.3 Å². The van der Waals surface area contributed by atoms with Gasteiger partial charge in [-0.1, -0.05) is 25.0 Å². The molecule has 1 aromatic carbocycles. The predicted octanol–water partition coefficient (Wildman–Crippen LogP) is 2.94. The quantitative estimate of drug-likeness (QED) is 0.697. The lowest BCUT2D eigenvalue weighted by Crippen LogP contribution is -2.24. The molecule has 0 atom stereocenters. The van der Waals surface area contributed by atoms with Gasteiger partial charge in [-0.05, 0) is 25.0 Å². The molecule has 1 aliphatic rings. The van der Waals surface area contributed by atoms with E-state index in [9.17, 15) is 0 Å². The fourth-order valence-corrected chi connectivity index (χ4v) is 2.16. The van der Waals surface area contributed by atoms with Crippen LogP contribution in [0.5, 0.6) is 0 Å². The summed E-state index contributed by atoms with van der Waals surface area (Å²) < 4.78 is 0. The summed E-state index contributed by atoms with van der Waals surface area (Å²) in [5, 5.41) is 9.04. The van der Waals surface area contributed by atoms with E-state index in [1.54, 1.807) is 0 Å². The van der Waals surface area contributed by atoms with Gasteiger partial charge in [0.25, 0.3) is 0 Å². The van der Waals surface area contributed by atoms with Crippen LogP contribution in [0.1, 0.15) is 31.2 Å². The first-order chi connectivity index (χ1) is 7.42. The molecule has 1 aromatic rings. The molecule has 0 N–H and O–H groups in total. The van der Waals surface area contributed by atoms with E-state index in [1.165, 1.54) is 25.7 Å². The SMILES string of the molecule is N#Cc1ccccc1N1CCCCCC1. The minimum Gasteiger partial charge on any atom is -0.370 e. The molecule has 0 amide bonds. The van der Waals surface area contributed by atoms with Crippen LogP contribution in [0, 0.1) is 11.3 Å². The lowest BCUT2D eigenvalue weighted by atomic mass is 10.1. The maximum Gasteiger partial charge on any atom is 0.101 e. The van der Waals surface area contributed by atoms with Gasteiger partial charge in [0.05, 0.1) is 11.3 Å². The fraction of sp³-hybridized carbons (Fsp3) is 0.462. The summed E-state index contributed by atoms with van der Waals surface area (Å²) >= 11 is 0. The van der Waals surface area contributed by atoms with E-state index in [2.05, 4.69) is 17.0 Å². The second-order valence-corrected chi connectivity index (χ2v) is 4.03. The molecule has 2 heteroatoms. The van der Waals surface area contributed by atoms with Crippen LogP contribution in [0.2, 0.25) is 0 Å². The van der Waals surface area contributed by atoms with Gasteiger partial charge in [-0.3, -0.25) is 0 Å². The summed E-state index contributed by atoms with van der Waals surface area (Å²) in [6.45, 7) is 2.19. The van der Waals surface area contributed by atoms with Crippen molar-refractivity contribution in [1.29, 1.82) is 5.26 Å². The summed E-state index contributed by atoms with van der Waals surface area (Å²) in [5.74, 6) is 0. The Morgan fingerprint density at radius 2 is 1.67 bits per heavy atom. The molecular formula is C13H16N2. The van der Waals surface area contributed by atoms with Crippen molar-refractivity contribution in [3.8, 4) is 6.07 Å². The standard InChI is InChI=1S/C13H16N2/c14-11-12-7-3-4-8-13(12)15-9-5-1-2-6-10-15/h3-4,7-8H,1-2,5-6,9-10H2. The highest BCUT2D eigenvalue weighted by Gasteiger charge is 2.12. The zero-order valence-corrected chi connectivity index (χ0v) is 8.95. The molecular weight excluding hydrogens is 184 g/mol. The Bertz CT molecular complexity index is 357. The Morgan fingerprint density at radius 3 is 2.33 bits per heavy atom. The molecule has 0 spiro atoms. The highest BCUT2D eigenvalue weighted by Crippen LogP contribution is 2.22. The summed E-state index contributed by atoms with van der Waals surface area (Å²) in [4.78, 5) is 2.35. The number of para-hydroxylation sites is 1. The Morgan fingerprint density at radius 1 is 1.00 bits per heavy atom. The van der Waals surface area contributed by atoms with E-state index in [0.29, 0.717) is 0 Å². The Labute approximate surface area is 91.1 Å². The van der Waals surface area contributed by atoms with Gasteiger partial charge in [0.15, 0.2) is 0 Å². The van der Waals surface area contributed by atoms with E-state index in [-0.39, 0.29) is 0 Å². The fourth-order valence-electron chi connectivity index (χ4n) is 2.16. The number of benzene rings is 1. The summed E-state index contributed by atoms with van der Waals surface area (Å²) in [6.07, 6.45) is 5.15. The van der Waals surface area contributed by atoms with Gasteiger partial charge in [-0.15, -0.1) is 0 Å². The number of nitrogens with zero attached hydrogens (tertiary/aromatic N) is 2. The lowest BCUT2D eigenvalue weighted by Gasteiger charge is -2.23. The van der Waals surface area contributed by atoms with Crippen LogP contribution in [0.4, 0.5) is 5.69 Å². The molecule has 0 unspecified atom stereocenters. The van der Waals surface area contributed by atoms with Gasteiger partial charge >= 0.3 is 0 Å². The summed E-state index contributed by atoms with van der Waals surface area (Å²) in [5.41, 5.74) is 1.92. The maximum absolute atomic E-state index is 9.04. The third-order valence-corrected chi connectivity index (χ3v) is 2.97. The molecule has 2 nitrogen and oxygen atoms in total. The summed E-state index contributed by atoms with van der Waals surface area (Å²) in [6, 6.07) is 10.2. The Balaban J connectivity index is 2.23. The number of anilines is 1. The van der Waals surface area contributed by atoms with E-state index in [1.807, 2.05) is 18.2 Å². The molecule has 15 heavy (non-hydrogen) atoms. The van der Waals surface area contributed by atoms with Crippen molar-refractivity contribution >= 4 is 5.69 Å². The number of rotatable bonds is 1. The third-order valence-electron chi connectivity index (χ3n) is 2.97. The van der Waals surface area contributed by atoms with Crippen LogP contribution in [-0.4, -0.2) is 13.1 Å². The van der Waals surface area contributed by atoms with E-state index in [4.69, 9.17) is 5.26 Å². The molecule has 0 bridgehead atoms. The predicted molar refractivity (Wildman–Crippen MR) is 61.8 cm³/mol. The van der Waals surface area contributed by atoms with Crippen molar-refractivity contribution in [2.24, 2.45) is 0 Å². The van der Waals surface area contributed by atoms with Crippen LogP contribution in [-0.2, 0) is 0 Å². The van der Waals surface area contributed by atoms with Crippen LogP contribution >= 0.6 is 0 Å². The van der Waals surface area contributed by atoms with E-state index >= 15 is 0 Å². The van der Waals surface area contributed by atoms with Gasteiger partial charge in [0.1, 0.15) is 6.07 Å². The van der Waals surface area contributed by atoms with E-state index in [0.717, 1.165) is 24.3 Å². The Kier molecular flexibility index (Phi) is 3.24. The lowest BCUT2D eigenvalue weighted by molar-refractivity contribution is 0.726. The van der Waals surface area contributed by atoms with Crippen molar-refractivity contribution in [1.82, 2.24) is 0 Å². The normalized spacial score (nSPS) is 16.9. The van der Waals surface area contributed by atoms with Crippen molar-refractivity contribution in [2.45, 2.75) is 25.7 Å². The molecule has 1 aliphatic heterocycles. The van der Waals surface area contributed by atoms with Crippen LogP contribution in [0.3, 0.4) is 0 Å². The van der Waals surface area contributed by atoms with E-state index < -0.39 is 0 Å². The highest BCUT2D eigenvalue weighted by molar-refractivity contribution is 5.59. The first-order valence-corrected chi connectivity index (χ1v) is 5.66. The molecule has 0 aromatic heterocycles. The van der Waals surface area contributed by atoms with Gasteiger partial charge in [0, 0.05) is 13.1 Å². The molecule has 2 rings (SSSR count). The van der Waals surface area contributed by atoms with Crippen molar-refractivity contribution in [3.05, 3.63) is 29.8 Å². The monoisotopic (exact) mass is 200 g/mol. The van der Waals surface area contributed by atoms with Crippen LogP contribution < -0.4 is 4.90 Å². The Hall–Kier alpha value is -1.49. The topological polar surface area (TPSA) is 27.0 Å². The first kappa shape index (κ1) is 10.0. The van der Waals surface area contributed by atoms with Crippen molar-refractivity contribution < 1.29 is 0 Å². The molecule has 0 aliphatic carbocycles. The number of nitriles is 1. The average molecular weight is 200 g/mol. The third kappa shape index (κ3) is 2.30.